The van der Waals surface area contributed by atoms with Crippen molar-refractivity contribution in [1.29, 1.82) is 0 Å². The summed E-state index contributed by atoms with van der Waals surface area (Å²) in [6.45, 7) is -0.358. The van der Waals surface area contributed by atoms with Crippen LogP contribution in [0.4, 0.5) is 13.2 Å². The predicted molar refractivity (Wildman–Crippen MR) is 128 cm³/mol. The molecule has 2 aromatic rings. The molecule has 12 nitrogen and oxygen atoms in total. The molecule has 1 saturated heterocycles. The van der Waals surface area contributed by atoms with Crippen LogP contribution in [-0.2, 0) is 28.6 Å². The van der Waals surface area contributed by atoms with Gasteiger partial charge >= 0.3 is 14.2 Å². The van der Waals surface area contributed by atoms with Crippen LogP contribution in [0.1, 0.15) is 12.8 Å². The number of ether oxygens (including phenoxy) is 3. The van der Waals surface area contributed by atoms with E-state index in [0.29, 0.717) is 5.06 Å². The molecule has 2 aromatic carbocycles. The second kappa shape index (κ2) is 12.2. The lowest BCUT2D eigenvalue weighted by atomic mass is 9.95. The molecule has 1 aliphatic rings. The highest BCUT2D eigenvalue weighted by atomic mass is 32.2. The van der Waals surface area contributed by atoms with Crippen molar-refractivity contribution in [3.05, 3.63) is 48.5 Å². The molecule has 39 heavy (non-hydrogen) atoms. The Morgan fingerprint density at radius 2 is 1.54 bits per heavy atom. The van der Waals surface area contributed by atoms with Crippen LogP contribution in [0.15, 0.2) is 53.4 Å². The highest BCUT2D eigenvalue weighted by Gasteiger charge is 2.54. The molecule has 3 N–H and O–H groups in total. The molecular weight excluding hydrogens is 572 g/mol. The molecule has 3 rings (SSSR count). The quantitative estimate of drug-likeness (QED) is 0.258. The minimum absolute atomic E-state index is 0.133. The molecule has 1 amide bonds. The van der Waals surface area contributed by atoms with E-state index >= 15 is 0 Å². The van der Waals surface area contributed by atoms with Gasteiger partial charge in [0.2, 0.25) is 0 Å². The number of carbonyl (C=O) groups is 1. The second-order valence-corrected chi connectivity index (χ2v) is 11.7. The number of rotatable bonds is 11. The highest BCUT2D eigenvalue weighted by molar-refractivity contribution is 7.93. The predicted octanol–water partition coefficient (Wildman–Crippen LogP) is 2.77. The number of amides is 1. The van der Waals surface area contributed by atoms with E-state index in [1.807, 2.05) is 0 Å². The maximum atomic E-state index is 13.8. The summed E-state index contributed by atoms with van der Waals surface area (Å²) < 4.78 is 92.7. The number of alkyl halides is 3. The first-order chi connectivity index (χ1) is 18.2. The molecule has 0 aromatic heterocycles. The summed E-state index contributed by atoms with van der Waals surface area (Å²) in [5, 5.41) is 3.29. The summed E-state index contributed by atoms with van der Waals surface area (Å²) >= 11 is 0. The molecule has 0 atom stereocenters. The number of hydrogen-bond acceptors (Lipinski definition) is 9. The molecule has 0 aliphatic carbocycles. The third-order valence-corrected chi connectivity index (χ3v) is 8.59. The zero-order valence-electron chi connectivity index (χ0n) is 20.5. The smallest absolute Gasteiger partial charge is 0.457 e. The number of benzene rings is 2. The van der Waals surface area contributed by atoms with Crippen LogP contribution in [-0.4, -0.2) is 73.6 Å². The number of nitrogens with one attached hydrogen (secondary N) is 1. The van der Waals surface area contributed by atoms with Gasteiger partial charge in [-0.1, -0.05) is 0 Å². The van der Waals surface area contributed by atoms with E-state index in [0.717, 1.165) is 12.1 Å². The van der Waals surface area contributed by atoms with Gasteiger partial charge < -0.3 is 29.3 Å². The first-order valence-electron chi connectivity index (χ1n) is 11.3. The van der Waals surface area contributed by atoms with E-state index in [-0.39, 0.29) is 48.9 Å². The SMILES string of the molecule is COCCN(OP(=O)(O)O)C(=O)C1(S(=O)(=O)c2ccc(Oc3ccc(OC(F)(F)F)cc3)cc2)CCNCC1. The maximum Gasteiger partial charge on any atom is 0.573 e. The van der Waals surface area contributed by atoms with Crippen molar-refractivity contribution in [2.24, 2.45) is 0 Å². The van der Waals surface area contributed by atoms with Gasteiger partial charge in [0.05, 0.1) is 18.0 Å². The Hall–Kier alpha value is -2.72. The number of piperidine rings is 1. The summed E-state index contributed by atoms with van der Waals surface area (Å²) in [5.41, 5.74) is 0. The van der Waals surface area contributed by atoms with Gasteiger partial charge in [0.15, 0.2) is 14.6 Å². The van der Waals surface area contributed by atoms with Crippen molar-refractivity contribution >= 4 is 23.6 Å². The van der Waals surface area contributed by atoms with E-state index in [9.17, 15) is 40.7 Å². The fourth-order valence-corrected chi connectivity index (χ4v) is 6.33. The molecule has 0 radical (unpaired) electrons. The van der Waals surface area contributed by atoms with E-state index in [2.05, 4.69) is 14.7 Å². The van der Waals surface area contributed by atoms with E-state index in [1.54, 1.807) is 0 Å². The van der Waals surface area contributed by atoms with Gasteiger partial charge in [-0.15, -0.1) is 13.2 Å². The Bertz CT molecular complexity index is 1280. The number of carbonyl (C=O) groups excluding carboxylic acids is 1. The topological polar surface area (TPSA) is 161 Å². The first-order valence-corrected chi connectivity index (χ1v) is 14.3. The normalized spacial score (nSPS) is 15.9. The molecule has 0 unspecified atom stereocenters. The third kappa shape index (κ3) is 7.91. The molecule has 1 aliphatic heterocycles. The van der Waals surface area contributed by atoms with Crippen LogP contribution in [0, 0.1) is 0 Å². The van der Waals surface area contributed by atoms with Gasteiger partial charge in [-0.3, -0.25) is 4.79 Å². The highest BCUT2D eigenvalue weighted by Crippen LogP contribution is 2.41. The second-order valence-electron chi connectivity index (χ2n) is 8.31. The molecule has 1 heterocycles. The van der Waals surface area contributed by atoms with Crippen molar-refractivity contribution in [2.45, 2.75) is 28.8 Å². The summed E-state index contributed by atoms with van der Waals surface area (Å²) in [6, 6.07) is 9.50. The molecule has 216 valence electrons. The molecular formula is C22H26F3N2O10PS. The molecule has 1 fully saturated rings. The summed E-state index contributed by atoms with van der Waals surface area (Å²) in [6.07, 6.45) is -5.25. The van der Waals surface area contributed by atoms with E-state index < -0.39 is 47.0 Å². The van der Waals surface area contributed by atoms with Gasteiger partial charge in [0.25, 0.3) is 5.91 Å². The number of nitrogens with zero attached hydrogens (tertiary/aromatic N) is 1. The van der Waals surface area contributed by atoms with Crippen molar-refractivity contribution in [1.82, 2.24) is 10.4 Å². The Labute approximate surface area is 221 Å². The lowest BCUT2D eigenvalue weighted by Crippen LogP contribution is -2.58. The largest absolute Gasteiger partial charge is 0.573 e. The number of hydrogen-bond donors (Lipinski definition) is 3. The molecule has 0 saturated carbocycles. The standard InChI is InChI=1S/C22H26F3N2O10PS/c1-34-15-14-27(37-38(29,30)31)20(28)21(10-12-26-13-11-21)39(32,33)19-8-6-17(7-9-19)35-16-2-4-18(5-3-16)36-22(23,24)25/h2-9,26H,10-15H2,1H3,(H2,29,30,31). The number of hydroxylamine groups is 2. The fourth-order valence-electron chi connectivity index (χ4n) is 3.90. The number of halogens is 3. The van der Waals surface area contributed by atoms with Crippen LogP contribution < -0.4 is 14.8 Å². The van der Waals surface area contributed by atoms with Crippen LogP contribution in [0.2, 0.25) is 0 Å². The Kier molecular flexibility index (Phi) is 9.64. The van der Waals surface area contributed by atoms with E-state index in [1.165, 1.54) is 43.5 Å². The third-order valence-electron chi connectivity index (χ3n) is 5.67. The Morgan fingerprint density at radius 1 is 1.03 bits per heavy atom. The lowest BCUT2D eigenvalue weighted by Gasteiger charge is -2.38. The number of methoxy groups -OCH3 is 1. The van der Waals surface area contributed by atoms with Crippen LogP contribution in [0.5, 0.6) is 17.2 Å². The minimum Gasteiger partial charge on any atom is -0.457 e. The minimum atomic E-state index is -5.22. The van der Waals surface area contributed by atoms with Gasteiger partial charge in [-0.25, -0.2) is 18.0 Å². The molecule has 17 heteroatoms. The van der Waals surface area contributed by atoms with Crippen molar-refractivity contribution < 1.29 is 59.6 Å². The monoisotopic (exact) mass is 598 g/mol. The average molecular weight is 598 g/mol. The first kappa shape index (κ1) is 30.8. The van der Waals surface area contributed by atoms with Crippen LogP contribution in [0.25, 0.3) is 0 Å². The van der Waals surface area contributed by atoms with Gasteiger partial charge in [-0.2, -0.15) is 4.62 Å². The van der Waals surface area contributed by atoms with E-state index in [4.69, 9.17) is 9.47 Å². The van der Waals surface area contributed by atoms with Crippen molar-refractivity contribution in [3.8, 4) is 17.2 Å². The van der Waals surface area contributed by atoms with Gasteiger partial charge in [0, 0.05) is 7.11 Å². The number of sulfone groups is 1. The van der Waals surface area contributed by atoms with Crippen molar-refractivity contribution in [3.63, 3.8) is 0 Å². The summed E-state index contributed by atoms with van der Waals surface area (Å²) in [5.74, 6) is -1.30. The summed E-state index contributed by atoms with van der Waals surface area (Å²) in [7, 11) is -8.38. The van der Waals surface area contributed by atoms with Crippen LogP contribution in [0.3, 0.4) is 0 Å². The van der Waals surface area contributed by atoms with Crippen molar-refractivity contribution in [2.75, 3.05) is 33.4 Å². The van der Waals surface area contributed by atoms with Gasteiger partial charge in [-0.05, 0) is 74.5 Å². The Morgan fingerprint density at radius 3 is 2.03 bits per heavy atom. The molecule has 0 bridgehead atoms. The zero-order valence-corrected chi connectivity index (χ0v) is 22.2. The molecule has 0 spiro atoms. The number of phosphoric acid groups is 1. The Balaban J connectivity index is 1.86. The maximum absolute atomic E-state index is 13.8. The summed E-state index contributed by atoms with van der Waals surface area (Å²) in [4.78, 5) is 31.8. The average Bonchev–Trinajstić information content (AvgIpc) is 2.86. The van der Waals surface area contributed by atoms with Gasteiger partial charge in [0.1, 0.15) is 17.2 Å². The lowest BCUT2D eigenvalue weighted by molar-refractivity contribution is -0.274. The fraction of sp³-hybridized carbons (Fsp3) is 0.409. The zero-order chi connectivity index (χ0) is 28.9. The van der Waals surface area contributed by atoms with Crippen LogP contribution >= 0.6 is 7.82 Å².